The smallest absolute Gasteiger partial charge is 0.238 e. The molecule has 1 aromatic carbocycles. The molecule has 1 aromatic rings. The summed E-state index contributed by atoms with van der Waals surface area (Å²) < 4.78 is 1.12. The lowest BCUT2D eigenvalue weighted by molar-refractivity contribution is -0.127. The van der Waals surface area contributed by atoms with Crippen LogP contribution >= 0.6 is 22.6 Å². The predicted molar refractivity (Wildman–Crippen MR) is 88.9 cm³/mol. The predicted octanol–water partition coefficient (Wildman–Crippen LogP) is 3.83. The summed E-state index contributed by atoms with van der Waals surface area (Å²) in [5.41, 5.74) is 0.155. The van der Waals surface area contributed by atoms with Crippen molar-refractivity contribution in [2.75, 3.05) is 0 Å². The van der Waals surface area contributed by atoms with E-state index in [1.807, 2.05) is 58.9 Å². The molecular weight excluding hydrogens is 363 g/mol. The molecule has 0 spiro atoms. The molecule has 0 aliphatic heterocycles. The number of amides is 1. The van der Waals surface area contributed by atoms with Gasteiger partial charge in [0, 0.05) is 3.57 Å². The van der Waals surface area contributed by atoms with E-state index in [0.717, 1.165) is 9.13 Å². The maximum atomic E-state index is 12.4. The maximum Gasteiger partial charge on any atom is 0.238 e. The molecule has 0 radical (unpaired) electrons. The van der Waals surface area contributed by atoms with Gasteiger partial charge in [-0.05, 0) is 59.5 Å². The highest BCUT2D eigenvalue weighted by atomic mass is 127. The number of carbonyl (C=O) groups is 1. The topological polar surface area (TPSA) is 52.9 Å². The van der Waals surface area contributed by atoms with Crippen molar-refractivity contribution in [3.05, 3.63) is 33.4 Å². The van der Waals surface area contributed by atoms with Crippen LogP contribution in [0.4, 0.5) is 0 Å². The molecule has 0 aliphatic rings. The average molecular weight is 384 g/mol. The number of nitriles is 1. The number of rotatable bonds is 3. The summed E-state index contributed by atoms with van der Waals surface area (Å²) in [5.74, 6) is -0.881. The van der Waals surface area contributed by atoms with Gasteiger partial charge in [0.15, 0.2) is 0 Å². The van der Waals surface area contributed by atoms with Crippen LogP contribution in [0, 0.1) is 26.2 Å². The highest BCUT2D eigenvalue weighted by molar-refractivity contribution is 14.1. The Kier molecular flexibility index (Phi) is 5.20. The number of nitrogens with zero attached hydrogens (tertiary/aromatic N) is 1. The van der Waals surface area contributed by atoms with Crippen LogP contribution in [0.1, 0.15) is 40.2 Å². The zero-order valence-electron chi connectivity index (χ0n) is 12.6. The van der Waals surface area contributed by atoms with Crippen molar-refractivity contribution in [2.24, 2.45) is 11.3 Å². The van der Waals surface area contributed by atoms with Crippen molar-refractivity contribution in [1.82, 2.24) is 5.32 Å². The number of hydrogen-bond donors (Lipinski definition) is 1. The fourth-order valence-electron chi connectivity index (χ4n) is 1.98. The molecule has 1 unspecified atom stereocenters. The van der Waals surface area contributed by atoms with E-state index >= 15 is 0 Å². The van der Waals surface area contributed by atoms with Gasteiger partial charge in [0.1, 0.15) is 5.92 Å². The van der Waals surface area contributed by atoms with E-state index in [1.165, 1.54) is 0 Å². The first-order valence-electron chi connectivity index (χ1n) is 6.55. The van der Waals surface area contributed by atoms with Crippen LogP contribution in [0.5, 0.6) is 0 Å². The Morgan fingerprint density at radius 1 is 1.30 bits per heavy atom. The first-order chi connectivity index (χ1) is 9.08. The summed E-state index contributed by atoms with van der Waals surface area (Å²) in [7, 11) is 0. The van der Waals surface area contributed by atoms with Crippen LogP contribution in [0.3, 0.4) is 0 Å². The van der Waals surface area contributed by atoms with E-state index in [1.54, 1.807) is 0 Å². The molecule has 0 saturated carbocycles. The first kappa shape index (κ1) is 17.0. The summed E-state index contributed by atoms with van der Waals surface area (Å²) in [6.45, 7) is 9.61. The second-order valence-corrected chi connectivity index (χ2v) is 7.80. The molecule has 1 rings (SSSR count). The molecule has 1 atom stereocenters. The highest BCUT2D eigenvalue weighted by Crippen LogP contribution is 2.28. The number of halogens is 1. The molecule has 4 heteroatoms. The molecule has 1 amide bonds. The van der Waals surface area contributed by atoms with Crippen molar-refractivity contribution in [2.45, 2.75) is 40.2 Å². The van der Waals surface area contributed by atoms with Crippen LogP contribution in [-0.4, -0.2) is 5.91 Å². The van der Waals surface area contributed by atoms with Gasteiger partial charge in [-0.15, -0.1) is 0 Å². The van der Waals surface area contributed by atoms with Crippen molar-refractivity contribution in [3.63, 3.8) is 0 Å². The number of nitrogens with one attached hydrogen (secondary N) is 1. The van der Waals surface area contributed by atoms with E-state index in [0.29, 0.717) is 0 Å². The van der Waals surface area contributed by atoms with E-state index in [4.69, 9.17) is 0 Å². The van der Waals surface area contributed by atoms with Crippen molar-refractivity contribution in [3.8, 4) is 6.07 Å². The Balaban J connectivity index is 2.97. The molecular formula is C16H21IN2O. The minimum Gasteiger partial charge on any atom is -0.346 e. The summed E-state index contributed by atoms with van der Waals surface area (Å²) >= 11 is 2.25. The Labute approximate surface area is 134 Å². The third-order valence-corrected chi connectivity index (χ3v) is 3.91. The molecule has 0 fully saturated rings. The van der Waals surface area contributed by atoms with Gasteiger partial charge in [0.05, 0.1) is 11.6 Å². The number of hydrogen-bond acceptors (Lipinski definition) is 2. The van der Waals surface area contributed by atoms with E-state index < -0.39 is 11.5 Å². The van der Waals surface area contributed by atoms with Crippen LogP contribution in [0.2, 0.25) is 0 Å². The molecule has 1 N–H and O–H groups in total. The zero-order valence-corrected chi connectivity index (χ0v) is 14.8. The largest absolute Gasteiger partial charge is 0.346 e. The van der Waals surface area contributed by atoms with Crippen molar-refractivity contribution < 1.29 is 4.79 Å². The molecule has 3 nitrogen and oxygen atoms in total. The fourth-order valence-corrected chi connectivity index (χ4v) is 2.52. The molecule has 0 bridgehead atoms. The summed E-state index contributed by atoms with van der Waals surface area (Å²) in [6, 6.07) is 10.1. The lowest BCUT2D eigenvalue weighted by Crippen LogP contribution is -2.46. The number of carbonyl (C=O) groups excluding carboxylic acids is 1. The maximum absolute atomic E-state index is 12.4. The van der Waals surface area contributed by atoms with Crippen LogP contribution in [0.25, 0.3) is 0 Å². The van der Waals surface area contributed by atoms with Crippen molar-refractivity contribution in [1.29, 1.82) is 5.26 Å². The molecule has 0 aromatic heterocycles. The van der Waals surface area contributed by atoms with Gasteiger partial charge >= 0.3 is 0 Å². The summed E-state index contributed by atoms with van der Waals surface area (Å²) in [6.07, 6.45) is 0. The first-order valence-corrected chi connectivity index (χ1v) is 7.63. The van der Waals surface area contributed by atoms with E-state index in [9.17, 15) is 10.1 Å². The summed E-state index contributed by atoms with van der Waals surface area (Å²) in [4.78, 5) is 12.4. The standard InChI is InChI=1S/C16H21IN2O/c1-15(2,3)13(10-18)14(20)19-16(4,5)11-7-6-8-12(17)9-11/h6-9,13H,1-5H3,(H,19,20). The highest BCUT2D eigenvalue weighted by Gasteiger charge is 2.34. The van der Waals surface area contributed by atoms with Crippen LogP contribution in [-0.2, 0) is 10.3 Å². The van der Waals surface area contributed by atoms with Crippen LogP contribution < -0.4 is 5.32 Å². The van der Waals surface area contributed by atoms with Gasteiger partial charge in [-0.1, -0.05) is 32.9 Å². The van der Waals surface area contributed by atoms with Gasteiger partial charge < -0.3 is 5.32 Å². The number of benzene rings is 1. The Hall–Kier alpha value is -1.09. The molecule has 0 saturated heterocycles. The second-order valence-electron chi connectivity index (χ2n) is 6.55. The van der Waals surface area contributed by atoms with Gasteiger partial charge in [0.2, 0.25) is 5.91 Å². The van der Waals surface area contributed by atoms with Gasteiger partial charge in [-0.2, -0.15) is 5.26 Å². The Morgan fingerprint density at radius 2 is 1.90 bits per heavy atom. The zero-order chi connectivity index (χ0) is 15.6. The average Bonchev–Trinajstić information content (AvgIpc) is 2.27. The summed E-state index contributed by atoms with van der Waals surface area (Å²) in [5, 5.41) is 12.2. The quantitative estimate of drug-likeness (QED) is 0.806. The van der Waals surface area contributed by atoms with Crippen LogP contribution in [0.15, 0.2) is 24.3 Å². The Bertz CT molecular complexity index is 538. The normalized spacial score (nSPS) is 13.4. The minimum atomic E-state index is -0.662. The van der Waals surface area contributed by atoms with Gasteiger partial charge in [-0.25, -0.2) is 0 Å². The van der Waals surface area contributed by atoms with Gasteiger partial charge in [0.25, 0.3) is 0 Å². The van der Waals surface area contributed by atoms with Gasteiger partial charge in [-0.3, -0.25) is 4.79 Å². The van der Waals surface area contributed by atoms with E-state index in [-0.39, 0.29) is 11.3 Å². The molecule has 108 valence electrons. The molecule has 20 heavy (non-hydrogen) atoms. The SMILES string of the molecule is CC(C)(NC(=O)C(C#N)C(C)(C)C)c1cccc(I)c1. The second kappa shape index (κ2) is 6.13. The monoisotopic (exact) mass is 384 g/mol. The minimum absolute atomic E-state index is 0.219. The van der Waals surface area contributed by atoms with Crippen molar-refractivity contribution >= 4 is 28.5 Å². The third-order valence-electron chi connectivity index (χ3n) is 3.24. The molecule has 0 heterocycles. The fraction of sp³-hybridized carbons (Fsp3) is 0.500. The lowest BCUT2D eigenvalue weighted by Gasteiger charge is -2.31. The lowest BCUT2D eigenvalue weighted by atomic mass is 9.80. The molecule has 0 aliphatic carbocycles. The third kappa shape index (κ3) is 4.20. The Morgan fingerprint density at radius 3 is 2.35 bits per heavy atom. The van der Waals surface area contributed by atoms with E-state index in [2.05, 4.69) is 34.0 Å².